The number of carbonyl (C=O) groups is 3. The van der Waals surface area contributed by atoms with E-state index >= 15 is 0 Å². The number of esters is 1. The smallest absolute Gasteiger partial charge is 0.340 e. The van der Waals surface area contributed by atoms with Gasteiger partial charge in [-0.05, 0) is 38.0 Å². The molecule has 0 aliphatic heterocycles. The number of rotatable bonds is 9. The molecule has 154 valence electrons. The third-order valence-corrected chi connectivity index (χ3v) is 4.19. The Morgan fingerprint density at radius 1 is 1.00 bits per heavy atom. The van der Waals surface area contributed by atoms with Crippen LogP contribution in [0.3, 0.4) is 0 Å². The van der Waals surface area contributed by atoms with Gasteiger partial charge in [0.1, 0.15) is 0 Å². The number of amides is 2. The number of nitrogens with one attached hydrogen (secondary N) is 1. The second kappa shape index (κ2) is 10.9. The summed E-state index contributed by atoms with van der Waals surface area (Å²) in [5.74, 6) is -1.12. The first-order valence-electron chi connectivity index (χ1n) is 9.83. The van der Waals surface area contributed by atoms with Crippen LogP contribution in [0, 0.1) is 0 Å². The topological polar surface area (TPSA) is 88.6 Å². The van der Waals surface area contributed by atoms with Crippen molar-refractivity contribution in [1.29, 1.82) is 0 Å². The maximum absolute atomic E-state index is 12.8. The summed E-state index contributed by atoms with van der Waals surface area (Å²) in [7, 11) is 0. The molecular weight excluding hydrogens is 370 g/mol. The van der Waals surface area contributed by atoms with Crippen LogP contribution in [0.2, 0.25) is 0 Å². The number of nitrogens with zero attached hydrogens (tertiary/aromatic N) is 2. The van der Waals surface area contributed by atoms with Crippen molar-refractivity contribution in [2.75, 3.05) is 25.0 Å². The van der Waals surface area contributed by atoms with Gasteiger partial charge in [0.05, 0.1) is 29.0 Å². The minimum Gasteiger partial charge on any atom is -0.462 e. The molecule has 0 fully saturated rings. The van der Waals surface area contributed by atoms with Crippen molar-refractivity contribution in [2.45, 2.75) is 33.6 Å². The van der Waals surface area contributed by atoms with Crippen molar-refractivity contribution in [3.8, 4) is 0 Å². The van der Waals surface area contributed by atoms with Gasteiger partial charge in [-0.2, -0.15) is 0 Å². The van der Waals surface area contributed by atoms with Crippen LogP contribution in [0.15, 0.2) is 42.7 Å². The van der Waals surface area contributed by atoms with E-state index in [9.17, 15) is 14.4 Å². The predicted molar refractivity (Wildman–Crippen MR) is 111 cm³/mol. The molecule has 2 amide bonds. The number of anilines is 1. The Balaban J connectivity index is 2.22. The molecule has 0 aliphatic carbocycles. The van der Waals surface area contributed by atoms with Crippen LogP contribution in [0.5, 0.6) is 0 Å². The molecule has 0 bridgehead atoms. The summed E-state index contributed by atoms with van der Waals surface area (Å²) in [6, 6.07) is 8.13. The van der Waals surface area contributed by atoms with Crippen LogP contribution >= 0.6 is 0 Å². The Bertz CT molecular complexity index is 861. The van der Waals surface area contributed by atoms with Crippen molar-refractivity contribution in [2.24, 2.45) is 0 Å². The first-order valence-corrected chi connectivity index (χ1v) is 9.83. The quantitative estimate of drug-likeness (QED) is 0.651. The van der Waals surface area contributed by atoms with Crippen molar-refractivity contribution < 1.29 is 19.1 Å². The molecule has 2 rings (SSSR count). The zero-order valence-electron chi connectivity index (χ0n) is 17.1. The Morgan fingerprint density at radius 3 is 2.31 bits per heavy atom. The van der Waals surface area contributed by atoms with E-state index in [4.69, 9.17) is 4.74 Å². The molecule has 29 heavy (non-hydrogen) atoms. The van der Waals surface area contributed by atoms with E-state index in [1.165, 1.54) is 18.5 Å². The summed E-state index contributed by atoms with van der Waals surface area (Å²) in [5, 5.41) is 2.71. The molecule has 1 heterocycles. The van der Waals surface area contributed by atoms with Crippen LogP contribution in [0.25, 0.3) is 0 Å². The highest BCUT2D eigenvalue weighted by molar-refractivity contribution is 6.08. The molecule has 0 atom stereocenters. The minimum absolute atomic E-state index is 0.150. The normalized spacial score (nSPS) is 10.3. The molecule has 0 radical (unpaired) electrons. The lowest BCUT2D eigenvalue weighted by atomic mass is 10.1. The highest BCUT2D eigenvalue weighted by Crippen LogP contribution is 2.18. The van der Waals surface area contributed by atoms with E-state index in [0.29, 0.717) is 24.3 Å². The average molecular weight is 397 g/mol. The van der Waals surface area contributed by atoms with Gasteiger partial charge < -0.3 is 15.0 Å². The van der Waals surface area contributed by atoms with Gasteiger partial charge in [0, 0.05) is 25.5 Å². The van der Waals surface area contributed by atoms with Gasteiger partial charge in [0.2, 0.25) is 0 Å². The second-order valence-corrected chi connectivity index (χ2v) is 6.47. The second-order valence-electron chi connectivity index (χ2n) is 6.47. The lowest BCUT2D eigenvalue weighted by Gasteiger charge is -2.21. The summed E-state index contributed by atoms with van der Waals surface area (Å²) in [5.41, 5.74) is 1.20. The highest BCUT2D eigenvalue weighted by Gasteiger charge is 2.18. The first-order chi connectivity index (χ1) is 14.0. The molecule has 0 unspecified atom stereocenters. The Hall–Kier alpha value is -3.22. The molecule has 0 aliphatic rings. The van der Waals surface area contributed by atoms with E-state index in [-0.39, 0.29) is 23.6 Å². The number of pyridine rings is 1. The van der Waals surface area contributed by atoms with Gasteiger partial charge in [-0.25, -0.2) is 4.79 Å². The van der Waals surface area contributed by atoms with Crippen LogP contribution in [-0.4, -0.2) is 47.4 Å². The van der Waals surface area contributed by atoms with Gasteiger partial charge in [0.25, 0.3) is 11.8 Å². The average Bonchev–Trinajstić information content (AvgIpc) is 2.73. The van der Waals surface area contributed by atoms with E-state index in [0.717, 1.165) is 12.8 Å². The van der Waals surface area contributed by atoms with Crippen LogP contribution in [0.1, 0.15) is 64.7 Å². The monoisotopic (exact) mass is 397 g/mol. The molecule has 1 aromatic carbocycles. The van der Waals surface area contributed by atoms with Gasteiger partial charge >= 0.3 is 5.97 Å². The molecule has 7 heteroatoms. The number of benzene rings is 1. The fraction of sp³-hybridized carbons (Fsp3) is 0.364. The SMILES string of the molecule is CCCN(CCC)C(=O)c1cncc(C(=O)Nc2ccccc2C(=O)OCC)c1. The lowest BCUT2D eigenvalue weighted by molar-refractivity contribution is 0.0527. The standard InChI is InChI=1S/C22H27N3O4/c1-4-11-25(12-5-2)21(27)17-13-16(14-23-15-17)20(26)24-19-10-8-7-9-18(19)22(28)29-6-3/h7-10,13-15H,4-6,11-12H2,1-3H3,(H,24,26). The summed E-state index contributed by atoms with van der Waals surface area (Å²) in [4.78, 5) is 43.4. The number of para-hydroxylation sites is 1. The van der Waals surface area contributed by atoms with E-state index in [1.54, 1.807) is 36.1 Å². The van der Waals surface area contributed by atoms with Gasteiger partial charge in [0.15, 0.2) is 0 Å². The van der Waals surface area contributed by atoms with Crippen molar-refractivity contribution in [1.82, 2.24) is 9.88 Å². The first kappa shape index (κ1) is 22.1. The maximum Gasteiger partial charge on any atom is 0.340 e. The Labute approximate surface area is 171 Å². The van der Waals surface area contributed by atoms with E-state index in [2.05, 4.69) is 10.3 Å². The Morgan fingerprint density at radius 2 is 1.66 bits per heavy atom. The summed E-state index contributed by atoms with van der Waals surface area (Å²) < 4.78 is 5.03. The third-order valence-electron chi connectivity index (χ3n) is 4.19. The predicted octanol–water partition coefficient (Wildman–Crippen LogP) is 3.77. The lowest BCUT2D eigenvalue weighted by Crippen LogP contribution is -2.32. The van der Waals surface area contributed by atoms with Crippen LogP contribution in [0.4, 0.5) is 5.69 Å². The molecule has 7 nitrogen and oxygen atoms in total. The summed E-state index contributed by atoms with van der Waals surface area (Å²) in [6.45, 7) is 7.28. The molecule has 0 spiro atoms. The highest BCUT2D eigenvalue weighted by atomic mass is 16.5. The third kappa shape index (κ3) is 5.88. The molecule has 2 aromatic rings. The van der Waals surface area contributed by atoms with Crippen molar-refractivity contribution in [3.05, 3.63) is 59.4 Å². The number of hydrogen-bond donors (Lipinski definition) is 1. The Kier molecular flexibility index (Phi) is 8.33. The van der Waals surface area contributed by atoms with Gasteiger partial charge in [-0.3, -0.25) is 14.6 Å². The number of hydrogen-bond acceptors (Lipinski definition) is 5. The van der Waals surface area contributed by atoms with Crippen molar-refractivity contribution >= 4 is 23.5 Å². The summed E-state index contributed by atoms with van der Waals surface area (Å²) >= 11 is 0. The molecule has 1 N–H and O–H groups in total. The zero-order valence-corrected chi connectivity index (χ0v) is 17.1. The fourth-order valence-electron chi connectivity index (χ4n) is 2.89. The number of ether oxygens (including phenoxy) is 1. The molecule has 0 saturated heterocycles. The van der Waals surface area contributed by atoms with Crippen molar-refractivity contribution in [3.63, 3.8) is 0 Å². The van der Waals surface area contributed by atoms with E-state index < -0.39 is 11.9 Å². The molecule has 1 aromatic heterocycles. The van der Waals surface area contributed by atoms with E-state index in [1.807, 2.05) is 13.8 Å². The summed E-state index contributed by atoms with van der Waals surface area (Å²) in [6.07, 6.45) is 4.56. The maximum atomic E-state index is 12.8. The molecular formula is C22H27N3O4. The van der Waals surface area contributed by atoms with Crippen LogP contribution in [-0.2, 0) is 4.74 Å². The number of aromatic nitrogens is 1. The van der Waals surface area contributed by atoms with Gasteiger partial charge in [-0.15, -0.1) is 0 Å². The van der Waals surface area contributed by atoms with Crippen LogP contribution < -0.4 is 5.32 Å². The largest absolute Gasteiger partial charge is 0.462 e. The van der Waals surface area contributed by atoms with Gasteiger partial charge in [-0.1, -0.05) is 26.0 Å². The minimum atomic E-state index is -0.514. The number of carbonyl (C=O) groups excluding carboxylic acids is 3. The zero-order chi connectivity index (χ0) is 21.2. The fourth-order valence-corrected chi connectivity index (χ4v) is 2.89. The molecule has 0 saturated carbocycles.